The van der Waals surface area contributed by atoms with Crippen LogP contribution >= 0.6 is 22.6 Å². The minimum atomic E-state index is -4.50. The Balaban J connectivity index is 1.99. The number of rotatable bonds is 5. The molecule has 0 atom stereocenters. The van der Waals surface area contributed by atoms with Crippen LogP contribution in [-0.4, -0.2) is 42.4 Å². The minimum Gasteiger partial charge on any atom is -0.466 e. The van der Waals surface area contributed by atoms with Gasteiger partial charge in [-0.3, -0.25) is 19.3 Å². The first-order valence-corrected chi connectivity index (χ1v) is 10.4. The molecule has 0 spiro atoms. The van der Waals surface area contributed by atoms with E-state index in [0.29, 0.717) is 0 Å². The number of nitrogens with zero attached hydrogens (tertiary/aromatic N) is 2. The highest BCUT2D eigenvalue weighted by atomic mass is 127. The topological polar surface area (TPSA) is 66.9 Å². The van der Waals surface area contributed by atoms with E-state index in [1.807, 2.05) is 22.6 Å². The molecule has 2 aromatic rings. The molecular weight excluding hydrogens is 528 g/mol. The third kappa shape index (κ3) is 5.17. The number of carbonyl (C=O) groups is 3. The molecule has 0 radical (unpaired) electrons. The van der Waals surface area contributed by atoms with E-state index in [1.165, 1.54) is 21.9 Å². The zero-order chi connectivity index (χ0) is 22.8. The van der Waals surface area contributed by atoms with E-state index >= 15 is 0 Å². The number of anilines is 2. The van der Waals surface area contributed by atoms with Crippen LogP contribution in [0.4, 0.5) is 24.5 Å². The zero-order valence-corrected chi connectivity index (χ0v) is 18.6. The lowest BCUT2D eigenvalue weighted by Gasteiger charge is -2.23. The van der Waals surface area contributed by atoms with Crippen LogP contribution in [0.5, 0.6) is 0 Å². The van der Waals surface area contributed by atoms with Gasteiger partial charge in [0.1, 0.15) is 6.54 Å². The monoisotopic (exact) mass is 546 g/mol. The highest BCUT2D eigenvalue weighted by molar-refractivity contribution is 14.1. The van der Waals surface area contributed by atoms with E-state index in [1.54, 1.807) is 25.1 Å². The summed E-state index contributed by atoms with van der Waals surface area (Å²) in [6, 6.07) is 9.05. The third-order valence-electron chi connectivity index (χ3n) is 4.64. The van der Waals surface area contributed by atoms with Gasteiger partial charge in [-0.15, -0.1) is 0 Å². The van der Waals surface area contributed by atoms with Crippen LogP contribution in [0.2, 0.25) is 0 Å². The maximum atomic E-state index is 13.1. The summed E-state index contributed by atoms with van der Waals surface area (Å²) in [6.07, 6.45) is -4.58. The summed E-state index contributed by atoms with van der Waals surface area (Å²) in [4.78, 5) is 40.4. The average Bonchev–Trinajstić information content (AvgIpc) is 2.81. The summed E-state index contributed by atoms with van der Waals surface area (Å²) in [5, 5.41) is 0. The molecule has 0 aliphatic carbocycles. The molecular formula is C21H18F3IN2O4. The molecule has 1 aliphatic rings. The average molecular weight is 546 g/mol. The summed E-state index contributed by atoms with van der Waals surface area (Å²) in [5.74, 6) is -1.44. The predicted molar refractivity (Wildman–Crippen MR) is 115 cm³/mol. The van der Waals surface area contributed by atoms with E-state index in [9.17, 15) is 27.6 Å². The number of esters is 1. The van der Waals surface area contributed by atoms with Gasteiger partial charge in [-0.05, 0) is 72.0 Å². The van der Waals surface area contributed by atoms with Crippen molar-refractivity contribution >= 4 is 51.7 Å². The highest BCUT2D eigenvalue weighted by Gasteiger charge is 2.34. The van der Waals surface area contributed by atoms with Gasteiger partial charge in [0.25, 0.3) is 11.8 Å². The van der Waals surface area contributed by atoms with Crippen molar-refractivity contribution in [2.24, 2.45) is 0 Å². The Morgan fingerprint density at radius 3 is 2.42 bits per heavy atom. The molecule has 6 nitrogen and oxygen atoms in total. The SMILES string of the molecule is CCOC(=O)CCN1CC(=O)N(c2ccc(C(F)(F)F)cc2)c2ccc(I)cc2C1=O. The fraction of sp³-hybridized carbons (Fsp3) is 0.286. The summed E-state index contributed by atoms with van der Waals surface area (Å²) < 4.78 is 44.4. The first-order valence-electron chi connectivity index (χ1n) is 9.36. The second kappa shape index (κ2) is 9.25. The van der Waals surface area contributed by atoms with Gasteiger partial charge >= 0.3 is 12.1 Å². The van der Waals surface area contributed by atoms with Gasteiger partial charge in [-0.1, -0.05) is 0 Å². The first-order chi connectivity index (χ1) is 14.6. The second-order valence-electron chi connectivity index (χ2n) is 6.72. The Bertz CT molecular complexity index is 1010. The van der Waals surface area contributed by atoms with Crippen LogP contribution in [0, 0.1) is 3.57 Å². The smallest absolute Gasteiger partial charge is 0.416 e. The van der Waals surface area contributed by atoms with Crippen LogP contribution < -0.4 is 4.90 Å². The number of hydrogen-bond acceptors (Lipinski definition) is 4. The minimum absolute atomic E-state index is 0.0187. The molecule has 31 heavy (non-hydrogen) atoms. The molecule has 10 heteroatoms. The largest absolute Gasteiger partial charge is 0.466 e. The molecule has 2 amide bonds. The van der Waals surface area contributed by atoms with Crippen LogP contribution in [0.15, 0.2) is 42.5 Å². The third-order valence-corrected chi connectivity index (χ3v) is 5.31. The van der Waals surface area contributed by atoms with E-state index in [4.69, 9.17) is 4.74 Å². The van der Waals surface area contributed by atoms with Gasteiger partial charge in [0, 0.05) is 15.8 Å². The molecule has 0 bridgehead atoms. The Kier molecular flexibility index (Phi) is 6.87. The molecule has 3 rings (SSSR count). The van der Waals surface area contributed by atoms with Gasteiger partial charge in [-0.25, -0.2) is 0 Å². The quantitative estimate of drug-likeness (QED) is 0.413. The van der Waals surface area contributed by atoms with Crippen LogP contribution in [0.3, 0.4) is 0 Å². The Morgan fingerprint density at radius 1 is 1.13 bits per heavy atom. The number of ether oxygens (including phenoxy) is 1. The molecule has 2 aromatic carbocycles. The molecule has 0 aromatic heterocycles. The van der Waals surface area contributed by atoms with Gasteiger partial charge in [0.2, 0.25) is 0 Å². The van der Waals surface area contributed by atoms with Crippen molar-refractivity contribution < 1.29 is 32.3 Å². The van der Waals surface area contributed by atoms with E-state index < -0.39 is 29.5 Å². The van der Waals surface area contributed by atoms with E-state index in [2.05, 4.69) is 0 Å². The van der Waals surface area contributed by atoms with Crippen LogP contribution in [-0.2, 0) is 20.5 Å². The zero-order valence-electron chi connectivity index (χ0n) is 16.4. The number of benzene rings is 2. The Morgan fingerprint density at radius 2 is 1.81 bits per heavy atom. The van der Waals surface area contributed by atoms with Crippen molar-refractivity contribution in [3.63, 3.8) is 0 Å². The lowest BCUT2D eigenvalue weighted by atomic mass is 10.1. The number of hydrogen-bond donors (Lipinski definition) is 0. The normalized spacial score (nSPS) is 14.4. The lowest BCUT2D eigenvalue weighted by Crippen LogP contribution is -2.38. The molecule has 1 aliphatic heterocycles. The second-order valence-corrected chi connectivity index (χ2v) is 7.96. The van der Waals surface area contributed by atoms with E-state index in [0.717, 1.165) is 15.7 Å². The van der Waals surface area contributed by atoms with E-state index in [-0.39, 0.29) is 43.1 Å². The Labute approximate surface area is 190 Å². The molecule has 0 fully saturated rings. The number of amides is 2. The number of alkyl halides is 3. The molecule has 0 saturated carbocycles. The molecule has 0 unspecified atom stereocenters. The fourth-order valence-electron chi connectivity index (χ4n) is 3.21. The van der Waals surface area contributed by atoms with Crippen molar-refractivity contribution in [2.45, 2.75) is 19.5 Å². The first kappa shape index (κ1) is 23.0. The van der Waals surface area contributed by atoms with Gasteiger partial charge < -0.3 is 9.64 Å². The summed E-state index contributed by atoms with van der Waals surface area (Å²) in [5.41, 5.74) is -0.135. The number of halogens is 4. The fourth-order valence-corrected chi connectivity index (χ4v) is 3.70. The Hall–Kier alpha value is -2.63. The van der Waals surface area contributed by atoms with Crippen LogP contribution in [0.25, 0.3) is 0 Å². The van der Waals surface area contributed by atoms with Gasteiger partial charge in [0.05, 0.1) is 29.8 Å². The summed E-state index contributed by atoms with van der Waals surface area (Å²) >= 11 is 2.03. The van der Waals surface area contributed by atoms with Crippen molar-refractivity contribution in [3.05, 3.63) is 57.2 Å². The van der Waals surface area contributed by atoms with Crippen molar-refractivity contribution in [3.8, 4) is 0 Å². The standard InChI is InChI=1S/C21H18F3IN2O4/c1-2-31-19(29)9-10-26-12-18(28)27(15-6-3-13(4-7-15)21(22,23)24)17-8-5-14(25)11-16(17)20(26)30/h3-8,11H,2,9-10,12H2,1H3. The van der Waals surface area contributed by atoms with Gasteiger partial charge in [0.15, 0.2) is 0 Å². The lowest BCUT2D eigenvalue weighted by molar-refractivity contribution is -0.143. The highest BCUT2D eigenvalue weighted by Crippen LogP contribution is 2.36. The molecule has 0 N–H and O–H groups in total. The maximum Gasteiger partial charge on any atom is 0.416 e. The molecule has 0 saturated heterocycles. The number of carbonyl (C=O) groups excluding carboxylic acids is 3. The van der Waals surface area contributed by atoms with Crippen molar-refractivity contribution in [2.75, 3.05) is 24.6 Å². The summed E-state index contributed by atoms with van der Waals surface area (Å²) in [6.45, 7) is 1.52. The summed E-state index contributed by atoms with van der Waals surface area (Å²) in [7, 11) is 0. The predicted octanol–water partition coefficient (Wildman–Crippen LogP) is 4.38. The van der Waals surface area contributed by atoms with Crippen LogP contribution in [0.1, 0.15) is 29.3 Å². The molecule has 164 valence electrons. The van der Waals surface area contributed by atoms with Crippen molar-refractivity contribution in [1.29, 1.82) is 0 Å². The van der Waals surface area contributed by atoms with Gasteiger partial charge in [-0.2, -0.15) is 13.2 Å². The maximum absolute atomic E-state index is 13.1. The molecule has 1 heterocycles. The number of fused-ring (bicyclic) bond motifs is 1. The van der Waals surface area contributed by atoms with Crippen molar-refractivity contribution in [1.82, 2.24) is 4.90 Å².